The van der Waals surface area contributed by atoms with Gasteiger partial charge in [-0.15, -0.1) is 0 Å². The summed E-state index contributed by atoms with van der Waals surface area (Å²) in [6.45, 7) is 3.62. The van der Waals surface area contributed by atoms with Gasteiger partial charge in [-0.3, -0.25) is 4.79 Å². The highest BCUT2D eigenvalue weighted by atomic mass is 16.5. The van der Waals surface area contributed by atoms with Gasteiger partial charge in [-0.25, -0.2) is 4.98 Å². The van der Waals surface area contributed by atoms with Crippen molar-refractivity contribution < 1.29 is 19.2 Å². The van der Waals surface area contributed by atoms with Crippen LogP contribution in [0, 0.1) is 5.92 Å². The predicted octanol–water partition coefficient (Wildman–Crippen LogP) is 1.82. The van der Waals surface area contributed by atoms with E-state index in [1.807, 2.05) is 22.7 Å². The second kappa shape index (κ2) is 6.67. The summed E-state index contributed by atoms with van der Waals surface area (Å²) in [6.07, 6.45) is 8.22. The minimum Gasteiger partial charge on any atom is -0.379 e. The van der Waals surface area contributed by atoms with Crippen molar-refractivity contribution in [2.45, 2.75) is 56.7 Å². The van der Waals surface area contributed by atoms with Crippen molar-refractivity contribution in [1.29, 1.82) is 0 Å². The number of likely N-dealkylation sites (tertiary alicyclic amines) is 1. The predicted molar refractivity (Wildman–Crippen MR) is 103 cm³/mol. The Morgan fingerprint density at radius 2 is 2.14 bits per heavy atom. The van der Waals surface area contributed by atoms with E-state index >= 15 is 0 Å². The van der Waals surface area contributed by atoms with Crippen LogP contribution in [0.2, 0.25) is 0 Å². The smallest absolute Gasteiger partial charge is 0.276 e. The Balaban J connectivity index is 1.27. The number of carbonyl (C=O) groups is 1. The summed E-state index contributed by atoms with van der Waals surface area (Å²) < 4.78 is 13.4. The maximum atomic E-state index is 13.1. The summed E-state index contributed by atoms with van der Waals surface area (Å²) in [6, 6.07) is 0. The van der Waals surface area contributed by atoms with Crippen molar-refractivity contribution in [1.82, 2.24) is 19.6 Å². The number of carbonyl (C=O) groups excluding carboxylic acids is 1. The molecule has 2 aliphatic heterocycles. The average molecular weight is 400 g/mol. The fourth-order valence-electron chi connectivity index (χ4n) is 5.20. The number of amides is 1. The van der Waals surface area contributed by atoms with Crippen molar-refractivity contribution in [3.8, 4) is 0 Å². The first-order valence-electron chi connectivity index (χ1n) is 10.5. The Bertz CT molecular complexity index is 927. The van der Waals surface area contributed by atoms with Crippen LogP contribution in [0.25, 0.3) is 0 Å². The fraction of sp³-hybridized carbons (Fsp3) is 0.667. The molecule has 3 aliphatic rings. The van der Waals surface area contributed by atoms with Gasteiger partial charge in [0.05, 0.1) is 12.2 Å². The van der Waals surface area contributed by atoms with Gasteiger partial charge in [-0.05, 0) is 31.6 Å². The molecule has 8 heteroatoms. The fourth-order valence-corrected chi connectivity index (χ4v) is 5.20. The van der Waals surface area contributed by atoms with Crippen molar-refractivity contribution >= 4 is 5.91 Å². The second-order valence-corrected chi connectivity index (χ2v) is 9.11. The number of hydrogen-bond donors (Lipinski definition) is 1. The molecule has 1 amide bonds. The largest absolute Gasteiger partial charge is 0.379 e. The van der Waals surface area contributed by atoms with E-state index in [1.165, 1.54) is 0 Å². The van der Waals surface area contributed by atoms with Crippen LogP contribution >= 0.6 is 0 Å². The van der Waals surface area contributed by atoms with Crippen LogP contribution in [0.4, 0.5) is 0 Å². The zero-order chi connectivity index (χ0) is 20.2. The zero-order valence-corrected chi connectivity index (χ0v) is 17.1. The van der Waals surface area contributed by atoms with Gasteiger partial charge in [-0.2, -0.15) is 0 Å². The van der Waals surface area contributed by atoms with E-state index < -0.39 is 11.2 Å². The number of imidazole rings is 1. The molecule has 0 radical (unpaired) electrons. The van der Waals surface area contributed by atoms with Crippen LogP contribution in [0.1, 0.15) is 60.2 Å². The molecule has 0 unspecified atom stereocenters. The van der Waals surface area contributed by atoms with E-state index in [9.17, 15) is 9.90 Å². The molecule has 156 valence electrons. The summed E-state index contributed by atoms with van der Waals surface area (Å²) in [5, 5.41) is 15.2. The average Bonchev–Trinajstić information content (AvgIpc) is 3.40. The van der Waals surface area contributed by atoms with E-state index in [0.717, 1.165) is 30.6 Å². The monoisotopic (exact) mass is 400 g/mol. The summed E-state index contributed by atoms with van der Waals surface area (Å²) in [5.74, 6) is 2.01. The molecule has 0 aromatic carbocycles. The van der Waals surface area contributed by atoms with Crippen molar-refractivity contribution in [2.75, 3.05) is 19.7 Å². The minimum atomic E-state index is -1.08. The van der Waals surface area contributed by atoms with Crippen molar-refractivity contribution in [3.05, 3.63) is 35.2 Å². The SMILES string of the molecule is C[C@H]1CCc2onc(C(=O)N3CCC4(CC3)C[C@](O)(c3nccn3C)CO4)c2C1. The number of rotatable bonds is 2. The van der Waals surface area contributed by atoms with E-state index in [-0.39, 0.29) is 12.5 Å². The summed E-state index contributed by atoms with van der Waals surface area (Å²) in [4.78, 5) is 19.3. The highest BCUT2D eigenvalue weighted by molar-refractivity contribution is 5.94. The number of aromatic nitrogens is 3. The molecule has 2 aromatic heterocycles. The van der Waals surface area contributed by atoms with Crippen LogP contribution in [-0.4, -0.2) is 55.9 Å². The Kier molecular flexibility index (Phi) is 4.33. The van der Waals surface area contributed by atoms with E-state index in [4.69, 9.17) is 9.26 Å². The number of piperidine rings is 1. The van der Waals surface area contributed by atoms with Crippen LogP contribution in [0.3, 0.4) is 0 Å². The molecule has 0 saturated carbocycles. The lowest BCUT2D eigenvalue weighted by Gasteiger charge is -2.38. The number of nitrogens with zero attached hydrogens (tertiary/aromatic N) is 4. The number of aryl methyl sites for hydroxylation is 2. The van der Waals surface area contributed by atoms with Crippen LogP contribution in [0.5, 0.6) is 0 Å². The van der Waals surface area contributed by atoms with Crippen molar-refractivity contribution in [2.24, 2.45) is 13.0 Å². The van der Waals surface area contributed by atoms with Gasteiger partial charge in [0.15, 0.2) is 5.69 Å². The Labute approximate surface area is 169 Å². The second-order valence-electron chi connectivity index (χ2n) is 9.11. The molecule has 2 fully saturated rings. The van der Waals surface area contributed by atoms with E-state index in [0.29, 0.717) is 49.8 Å². The van der Waals surface area contributed by atoms with Gasteiger partial charge >= 0.3 is 0 Å². The first kappa shape index (κ1) is 18.8. The summed E-state index contributed by atoms with van der Waals surface area (Å²) in [7, 11) is 1.88. The van der Waals surface area contributed by atoms with Gasteiger partial charge < -0.3 is 23.8 Å². The summed E-state index contributed by atoms with van der Waals surface area (Å²) in [5.41, 5.74) is -0.00395. The maximum absolute atomic E-state index is 13.1. The molecule has 8 nitrogen and oxygen atoms in total. The molecule has 1 spiro atoms. The van der Waals surface area contributed by atoms with Crippen LogP contribution < -0.4 is 0 Å². The third kappa shape index (κ3) is 3.09. The molecular formula is C21H28N4O4. The standard InChI is InChI=1S/C21H28N4O4/c1-14-3-4-16-15(11-14)17(23-29-16)18(26)25-8-5-20(6-9-25)12-21(27,13-28-20)19-22-7-10-24(19)2/h7,10,14,27H,3-6,8-9,11-13H2,1-2H3/t14-,21+/m0/s1. The summed E-state index contributed by atoms with van der Waals surface area (Å²) >= 11 is 0. The molecular weight excluding hydrogens is 372 g/mol. The quantitative estimate of drug-likeness (QED) is 0.826. The number of hydrogen-bond acceptors (Lipinski definition) is 6. The third-order valence-corrected chi connectivity index (χ3v) is 6.92. The minimum absolute atomic E-state index is 0.0451. The Morgan fingerprint density at radius 3 is 2.86 bits per heavy atom. The topological polar surface area (TPSA) is 93.6 Å². The van der Waals surface area contributed by atoms with Gasteiger partial charge in [0, 0.05) is 50.9 Å². The Hall–Kier alpha value is -2.19. The normalized spacial score (nSPS) is 28.7. The first-order valence-corrected chi connectivity index (χ1v) is 10.5. The molecule has 2 atom stereocenters. The first-order chi connectivity index (χ1) is 13.9. The van der Waals surface area contributed by atoms with Crippen molar-refractivity contribution in [3.63, 3.8) is 0 Å². The Morgan fingerprint density at radius 1 is 1.34 bits per heavy atom. The number of fused-ring (bicyclic) bond motifs is 1. The van der Waals surface area contributed by atoms with Gasteiger partial charge in [-0.1, -0.05) is 12.1 Å². The lowest BCUT2D eigenvalue weighted by Crippen LogP contribution is -2.47. The van der Waals surface area contributed by atoms with Crippen LogP contribution in [0.15, 0.2) is 16.9 Å². The lowest BCUT2D eigenvalue weighted by atomic mass is 9.83. The van der Waals surface area contributed by atoms with Gasteiger partial charge in [0.2, 0.25) is 0 Å². The lowest BCUT2D eigenvalue weighted by molar-refractivity contribution is -0.0439. The molecule has 5 rings (SSSR count). The van der Waals surface area contributed by atoms with E-state index in [1.54, 1.807) is 6.20 Å². The van der Waals surface area contributed by atoms with E-state index in [2.05, 4.69) is 17.1 Å². The van der Waals surface area contributed by atoms with Gasteiger partial charge in [0.25, 0.3) is 5.91 Å². The highest BCUT2D eigenvalue weighted by Crippen LogP contribution is 2.45. The molecule has 1 aliphatic carbocycles. The van der Waals surface area contributed by atoms with Gasteiger partial charge in [0.1, 0.15) is 17.2 Å². The molecule has 4 heterocycles. The number of ether oxygens (including phenoxy) is 1. The van der Waals surface area contributed by atoms with Crippen LogP contribution in [-0.2, 0) is 30.2 Å². The highest BCUT2D eigenvalue weighted by Gasteiger charge is 2.52. The molecule has 2 aromatic rings. The molecule has 1 N–H and O–H groups in total. The third-order valence-electron chi connectivity index (χ3n) is 6.92. The molecule has 2 saturated heterocycles. The molecule has 29 heavy (non-hydrogen) atoms. The maximum Gasteiger partial charge on any atom is 0.276 e. The molecule has 0 bridgehead atoms. The zero-order valence-electron chi connectivity index (χ0n) is 17.1. The number of aliphatic hydroxyl groups is 1.